The molecule has 1 saturated heterocycles. The highest BCUT2D eigenvalue weighted by Crippen LogP contribution is 2.36. The maximum absolute atomic E-state index is 12.0. The summed E-state index contributed by atoms with van der Waals surface area (Å²) in [5.41, 5.74) is 1.21. The van der Waals surface area contributed by atoms with Gasteiger partial charge in [0.1, 0.15) is 12.1 Å². The van der Waals surface area contributed by atoms with Gasteiger partial charge in [-0.15, -0.1) is 10.8 Å². The Morgan fingerprint density at radius 3 is 2.95 bits per heavy atom. The predicted molar refractivity (Wildman–Crippen MR) is 88.1 cm³/mol. The Bertz CT molecular complexity index is 733. The number of ketones is 1. The number of halogens is 1. The lowest BCUT2D eigenvalue weighted by molar-refractivity contribution is 0.101. The van der Waals surface area contributed by atoms with E-state index in [1.165, 1.54) is 6.92 Å². The van der Waals surface area contributed by atoms with E-state index < -0.39 is 10.8 Å². The molecule has 0 spiro atoms. The molecular weight excluding hydrogens is 328 g/mol. The molecule has 0 atom stereocenters. The first-order valence-corrected chi connectivity index (χ1v) is 8.89. The van der Waals surface area contributed by atoms with Crippen LogP contribution in [0.2, 0.25) is 5.02 Å². The molecule has 0 aliphatic carbocycles. The average molecular weight is 345 g/mol. The second-order valence-electron chi connectivity index (χ2n) is 5.19. The lowest BCUT2D eigenvalue weighted by atomic mass is 10.1. The molecule has 0 amide bonds. The van der Waals surface area contributed by atoms with Crippen molar-refractivity contribution in [2.75, 3.05) is 30.3 Å². The SMILES string of the molecule is CC(=O)c1cc(Cl)c2cncn2c1N1CCNS(O)(O)CC1. The maximum atomic E-state index is 12.0. The summed E-state index contributed by atoms with van der Waals surface area (Å²) in [7, 11) is -2.77. The van der Waals surface area contributed by atoms with Crippen molar-refractivity contribution in [3.63, 3.8) is 0 Å². The molecule has 3 heterocycles. The van der Waals surface area contributed by atoms with Gasteiger partial charge in [-0.25, -0.2) is 9.71 Å². The van der Waals surface area contributed by atoms with Gasteiger partial charge in [0.2, 0.25) is 0 Å². The Morgan fingerprint density at radius 2 is 2.23 bits per heavy atom. The second-order valence-corrected chi connectivity index (χ2v) is 7.62. The number of fused-ring (bicyclic) bond motifs is 1. The lowest BCUT2D eigenvalue weighted by Gasteiger charge is -2.31. The molecule has 3 rings (SSSR count). The summed E-state index contributed by atoms with van der Waals surface area (Å²) < 4.78 is 24.1. The number of imidazole rings is 1. The van der Waals surface area contributed by atoms with Crippen molar-refractivity contribution < 1.29 is 13.9 Å². The number of carbonyl (C=O) groups excluding carboxylic acids is 1. The number of anilines is 1. The van der Waals surface area contributed by atoms with Crippen LogP contribution in [-0.2, 0) is 0 Å². The normalized spacial score (nSPS) is 19.9. The van der Waals surface area contributed by atoms with E-state index in [2.05, 4.69) is 9.71 Å². The van der Waals surface area contributed by atoms with Crippen molar-refractivity contribution in [3.05, 3.63) is 29.2 Å². The molecule has 1 aliphatic rings. The van der Waals surface area contributed by atoms with E-state index in [4.69, 9.17) is 11.6 Å². The van der Waals surface area contributed by atoms with Crippen LogP contribution in [-0.4, -0.2) is 49.7 Å². The molecule has 1 aliphatic heterocycles. The van der Waals surface area contributed by atoms with Crippen molar-refractivity contribution in [2.24, 2.45) is 0 Å². The van der Waals surface area contributed by atoms with E-state index in [9.17, 15) is 13.9 Å². The number of carbonyl (C=O) groups is 1. The zero-order chi connectivity index (χ0) is 15.9. The molecule has 120 valence electrons. The zero-order valence-electron chi connectivity index (χ0n) is 12.0. The van der Waals surface area contributed by atoms with Crippen molar-refractivity contribution in [1.29, 1.82) is 0 Å². The molecule has 7 nitrogen and oxygen atoms in total. The largest absolute Gasteiger partial charge is 0.354 e. The molecule has 0 saturated carbocycles. The fraction of sp³-hybridized carbons (Fsp3) is 0.385. The van der Waals surface area contributed by atoms with Crippen LogP contribution in [0, 0.1) is 0 Å². The van der Waals surface area contributed by atoms with E-state index in [-0.39, 0.29) is 11.5 Å². The zero-order valence-corrected chi connectivity index (χ0v) is 13.6. The third-order valence-electron chi connectivity index (χ3n) is 3.66. The summed E-state index contributed by atoms with van der Waals surface area (Å²) in [5, 5.41) is 0.462. The molecular formula is C13H17ClN4O3S. The monoisotopic (exact) mass is 344 g/mol. The fourth-order valence-corrected chi connectivity index (χ4v) is 3.88. The van der Waals surface area contributed by atoms with Crippen LogP contribution in [0.1, 0.15) is 17.3 Å². The summed E-state index contributed by atoms with van der Waals surface area (Å²) in [6.45, 7) is 2.87. The number of hydrogen-bond donors (Lipinski definition) is 3. The Morgan fingerprint density at radius 1 is 1.45 bits per heavy atom. The van der Waals surface area contributed by atoms with Gasteiger partial charge in [-0.05, 0) is 13.0 Å². The third kappa shape index (κ3) is 2.80. The number of pyridine rings is 1. The van der Waals surface area contributed by atoms with E-state index in [0.29, 0.717) is 41.6 Å². The fourth-order valence-electron chi connectivity index (χ4n) is 2.59. The molecule has 2 aromatic rings. The Labute approximate surface area is 134 Å². The summed E-state index contributed by atoms with van der Waals surface area (Å²) in [6, 6.07) is 1.65. The first-order chi connectivity index (χ1) is 10.4. The summed E-state index contributed by atoms with van der Waals surface area (Å²) in [4.78, 5) is 18.1. The van der Waals surface area contributed by atoms with Gasteiger partial charge >= 0.3 is 0 Å². The van der Waals surface area contributed by atoms with Gasteiger partial charge in [0, 0.05) is 19.6 Å². The Kier molecular flexibility index (Phi) is 4.04. The number of hydrogen-bond acceptors (Lipinski definition) is 6. The van der Waals surface area contributed by atoms with Gasteiger partial charge in [0.15, 0.2) is 5.78 Å². The van der Waals surface area contributed by atoms with Gasteiger partial charge in [0.05, 0.1) is 28.1 Å². The standard InChI is InChI=1S/C13H17ClN4O3S/c1-9(19)10-6-11(14)12-7-15-8-18(12)13(10)17-3-2-16-22(20,21)5-4-17/h6-8,16,20-21H,2-5H2,1H3. The molecule has 3 N–H and O–H groups in total. The summed E-state index contributed by atoms with van der Waals surface area (Å²) >= 11 is 6.22. The van der Waals surface area contributed by atoms with Crippen molar-refractivity contribution in [2.45, 2.75) is 6.92 Å². The Balaban J connectivity index is 2.12. The summed E-state index contributed by atoms with van der Waals surface area (Å²) in [6.07, 6.45) is 3.25. The van der Waals surface area contributed by atoms with E-state index >= 15 is 0 Å². The quantitative estimate of drug-likeness (QED) is 0.724. The number of aromatic nitrogens is 2. The molecule has 2 aromatic heterocycles. The van der Waals surface area contributed by atoms with Crippen molar-refractivity contribution in [1.82, 2.24) is 14.1 Å². The minimum Gasteiger partial charge on any atom is -0.354 e. The van der Waals surface area contributed by atoms with Crippen LogP contribution in [0.3, 0.4) is 0 Å². The maximum Gasteiger partial charge on any atom is 0.163 e. The first kappa shape index (κ1) is 15.6. The highest BCUT2D eigenvalue weighted by molar-refractivity contribution is 8.22. The number of rotatable bonds is 2. The smallest absolute Gasteiger partial charge is 0.163 e. The molecule has 0 unspecified atom stereocenters. The summed E-state index contributed by atoms with van der Waals surface area (Å²) in [5.74, 6) is 0.781. The second kappa shape index (κ2) is 5.71. The number of Topliss-reactive ketones (excluding diaryl/α,β-unsaturated/α-hetero) is 1. The molecule has 0 aromatic carbocycles. The van der Waals surface area contributed by atoms with Crippen LogP contribution in [0.25, 0.3) is 5.52 Å². The van der Waals surface area contributed by atoms with E-state index in [0.717, 1.165) is 0 Å². The molecule has 0 bridgehead atoms. The van der Waals surface area contributed by atoms with Crippen LogP contribution >= 0.6 is 22.4 Å². The molecule has 22 heavy (non-hydrogen) atoms. The average Bonchev–Trinajstić information content (AvgIpc) is 2.85. The lowest BCUT2D eigenvalue weighted by Crippen LogP contribution is -2.31. The van der Waals surface area contributed by atoms with E-state index in [1.807, 2.05) is 4.90 Å². The topological polar surface area (TPSA) is 90.1 Å². The van der Waals surface area contributed by atoms with Gasteiger partial charge in [0.25, 0.3) is 0 Å². The minimum absolute atomic E-state index is 0.101. The van der Waals surface area contributed by atoms with E-state index in [1.54, 1.807) is 23.0 Å². The van der Waals surface area contributed by atoms with Crippen LogP contribution in [0.15, 0.2) is 18.6 Å². The molecule has 9 heteroatoms. The van der Waals surface area contributed by atoms with Crippen LogP contribution in [0.4, 0.5) is 5.82 Å². The highest BCUT2D eigenvalue weighted by Gasteiger charge is 2.24. The predicted octanol–water partition coefficient (Wildman–Crippen LogP) is 2.27. The van der Waals surface area contributed by atoms with Crippen molar-refractivity contribution in [3.8, 4) is 0 Å². The first-order valence-electron chi connectivity index (χ1n) is 6.80. The van der Waals surface area contributed by atoms with Gasteiger partial charge < -0.3 is 4.90 Å². The third-order valence-corrected chi connectivity index (χ3v) is 5.38. The number of nitrogens with zero attached hydrogens (tertiary/aromatic N) is 3. The van der Waals surface area contributed by atoms with Crippen LogP contribution in [0.5, 0.6) is 0 Å². The van der Waals surface area contributed by atoms with Crippen molar-refractivity contribution >= 4 is 39.5 Å². The van der Waals surface area contributed by atoms with Crippen LogP contribution < -0.4 is 9.62 Å². The van der Waals surface area contributed by atoms with Gasteiger partial charge in [-0.2, -0.15) is 0 Å². The number of nitrogens with one attached hydrogen (secondary N) is 1. The van der Waals surface area contributed by atoms with Gasteiger partial charge in [-0.3, -0.25) is 18.3 Å². The highest BCUT2D eigenvalue weighted by atomic mass is 35.5. The molecule has 1 fully saturated rings. The Hall–Kier alpha value is -1.32. The molecule has 0 radical (unpaired) electrons. The van der Waals surface area contributed by atoms with Gasteiger partial charge in [-0.1, -0.05) is 11.6 Å². The minimum atomic E-state index is -2.77.